The van der Waals surface area contributed by atoms with E-state index in [9.17, 15) is 4.79 Å². The molecule has 0 spiro atoms. The third-order valence-electron chi connectivity index (χ3n) is 3.00. The number of amides is 1. The number of fused-ring (bicyclic) bond motifs is 1. The Morgan fingerprint density at radius 3 is 2.43 bits per heavy atom. The van der Waals surface area contributed by atoms with E-state index in [4.69, 9.17) is 10.5 Å². The smallest absolute Gasteiger partial charge is 0.409 e. The first-order valence-corrected chi connectivity index (χ1v) is 5.10. The molecule has 0 aromatic carbocycles. The minimum absolute atomic E-state index is 0.638. The van der Waals surface area contributed by atoms with Gasteiger partial charge in [0.1, 0.15) is 0 Å². The molecule has 14 heavy (non-hydrogen) atoms. The van der Waals surface area contributed by atoms with Gasteiger partial charge in [0.2, 0.25) is 0 Å². The van der Waals surface area contributed by atoms with Crippen LogP contribution in [0.2, 0.25) is 0 Å². The topological polar surface area (TPSA) is 52.3 Å². The second-order valence-electron chi connectivity index (χ2n) is 3.89. The summed E-state index contributed by atoms with van der Waals surface area (Å²) in [6.07, 6.45) is 9.94. The molecule has 0 heterocycles. The van der Waals surface area contributed by atoms with Crippen LogP contribution in [0.1, 0.15) is 25.7 Å². The Hall–Kier alpha value is -1.25. The van der Waals surface area contributed by atoms with Crippen LogP contribution in [0.25, 0.3) is 0 Å². The van der Waals surface area contributed by atoms with Crippen LogP contribution in [0.15, 0.2) is 24.0 Å². The van der Waals surface area contributed by atoms with Gasteiger partial charge in [0.15, 0.2) is 0 Å². The van der Waals surface area contributed by atoms with Gasteiger partial charge in [-0.15, -0.1) is 0 Å². The molecular weight excluding hydrogens is 178 g/mol. The summed E-state index contributed by atoms with van der Waals surface area (Å²) in [5.41, 5.74) is 6.17. The van der Waals surface area contributed by atoms with Crippen molar-refractivity contribution >= 4 is 6.09 Å². The molecule has 0 aromatic heterocycles. The Labute approximate surface area is 83.6 Å². The quantitative estimate of drug-likeness (QED) is 0.513. The standard InChI is InChI=1S/C11H15NO2/c12-11(13)14-7-10-8-5-3-1-2-4-6-9(8)10/h1-2,7-9H,3-6H2,(H2,12,13)/b2-1-,10-7?. The van der Waals surface area contributed by atoms with Crippen molar-refractivity contribution in [2.75, 3.05) is 0 Å². The lowest BCUT2D eigenvalue weighted by Crippen LogP contribution is -2.08. The third-order valence-corrected chi connectivity index (χ3v) is 3.00. The summed E-state index contributed by atoms with van der Waals surface area (Å²) >= 11 is 0. The molecule has 1 fully saturated rings. The number of hydrogen-bond donors (Lipinski definition) is 1. The Morgan fingerprint density at radius 2 is 1.93 bits per heavy atom. The summed E-state index contributed by atoms with van der Waals surface area (Å²) in [7, 11) is 0. The third kappa shape index (κ3) is 1.97. The summed E-state index contributed by atoms with van der Waals surface area (Å²) in [4.78, 5) is 10.4. The van der Waals surface area contributed by atoms with Crippen molar-refractivity contribution in [2.45, 2.75) is 25.7 Å². The number of nitrogens with two attached hydrogens (primary N) is 1. The van der Waals surface area contributed by atoms with Crippen LogP contribution >= 0.6 is 0 Å². The van der Waals surface area contributed by atoms with Crippen LogP contribution in [0, 0.1) is 11.8 Å². The van der Waals surface area contributed by atoms with Crippen molar-refractivity contribution < 1.29 is 9.53 Å². The van der Waals surface area contributed by atoms with Gasteiger partial charge < -0.3 is 10.5 Å². The molecule has 0 bridgehead atoms. The van der Waals surface area contributed by atoms with Gasteiger partial charge >= 0.3 is 6.09 Å². The first-order valence-electron chi connectivity index (χ1n) is 5.10. The molecule has 3 nitrogen and oxygen atoms in total. The van der Waals surface area contributed by atoms with E-state index in [1.807, 2.05) is 0 Å². The fraction of sp³-hybridized carbons (Fsp3) is 0.545. The molecule has 0 saturated heterocycles. The lowest BCUT2D eigenvalue weighted by molar-refractivity contribution is 0.196. The number of carbonyl (C=O) groups excluding carboxylic acids is 1. The number of primary amides is 1. The predicted molar refractivity (Wildman–Crippen MR) is 53.3 cm³/mol. The zero-order valence-corrected chi connectivity index (χ0v) is 8.11. The van der Waals surface area contributed by atoms with Gasteiger partial charge in [-0.05, 0) is 43.1 Å². The van der Waals surface area contributed by atoms with Gasteiger partial charge in [0, 0.05) is 0 Å². The molecular formula is C11H15NO2. The lowest BCUT2D eigenvalue weighted by atomic mass is 10.1. The van der Waals surface area contributed by atoms with Crippen LogP contribution in [0.4, 0.5) is 4.79 Å². The molecule has 0 radical (unpaired) electrons. The van der Waals surface area contributed by atoms with Gasteiger partial charge in [0.25, 0.3) is 0 Å². The van der Waals surface area contributed by atoms with E-state index in [1.165, 1.54) is 18.4 Å². The molecule has 2 aliphatic carbocycles. The molecule has 76 valence electrons. The highest BCUT2D eigenvalue weighted by molar-refractivity contribution is 5.65. The van der Waals surface area contributed by atoms with Crippen LogP contribution in [-0.4, -0.2) is 6.09 Å². The minimum Gasteiger partial charge on any atom is -0.418 e. The number of ether oxygens (including phenoxy) is 1. The number of hydrogen-bond acceptors (Lipinski definition) is 2. The largest absolute Gasteiger partial charge is 0.418 e. The molecule has 2 rings (SSSR count). The summed E-state index contributed by atoms with van der Waals surface area (Å²) in [6, 6.07) is 0. The summed E-state index contributed by atoms with van der Waals surface area (Å²) < 4.78 is 4.70. The maximum Gasteiger partial charge on any atom is 0.409 e. The predicted octanol–water partition coefficient (Wildman–Crippen LogP) is 2.34. The molecule has 2 aliphatic rings. The molecule has 0 aromatic rings. The molecule has 2 atom stereocenters. The van der Waals surface area contributed by atoms with Gasteiger partial charge in [-0.1, -0.05) is 12.2 Å². The maximum atomic E-state index is 10.4. The summed E-state index contributed by atoms with van der Waals surface area (Å²) in [5.74, 6) is 1.28. The van der Waals surface area contributed by atoms with E-state index in [2.05, 4.69) is 12.2 Å². The normalized spacial score (nSPS) is 32.1. The van der Waals surface area contributed by atoms with E-state index in [1.54, 1.807) is 6.26 Å². The Morgan fingerprint density at radius 1 is 1.36 bits per heavy atom. The van der Waals surface area contributed by atoms with Crippen molar-refractivity contribution in [3.8, 4) is 0 Å². The van der Waals surface area contributed by atoms with Crippen molar-refractivity contribution in [1.82, 2.24) is 0 Å². The summed E-state index contributed by atoms with van der Waals surface area (Å²) in [6.45, 7) is 0. The Balaban J connectivity index is 1.93. The van der Waals surface area contributed by atoms with Crippen LogP contribution in [-0.2, 0) is 4.74 Å². The average Bonchev–Trinajstić information content (AvgIpc) is 2.72. The molecule has 1 saturated carbocycles. The molecule has 2 N–H and O–H groups in total. The fourth-order valence-electron chi connectivity index (χ4n) is 2.23. The summed E-state index contributed by atoms with van der Waals surface area (Å²) in [5, 5.41) is 0. The first kappa shape index (κ1) is 9.31. The van der Waals surface area contributed by atoms with Gasteiger partial charge in [0.05, 0.1) is 6.26 Å². The van der Waals surface area contributed by atoms with E-state index in [0.29, 0.717) is 11.8 Å². The van der Waals surface area contributed by atoms with Crippen molar-refractivity contribution in [2.24, 2.45) is 17.6 Å². The van der Waals surface area contributed by atoms with Gasteiger partial charge in [-0.25, -0.2) is 4.79 Å². The zero-order valence-electron chi connectivity index (χ0n) is 8.11. The minimum atomic E-state index is -0.713. The number of allylic oxidation sites excluding steroid dienone is 3. The highest BCUT2D eigenvalue weighted by atomic mass is 16.5. The van der Waals surface area contributed by atoms with Crippen molar-refractivity contribution in [3.05, 3.63) is 24.0 Å². The maximum absolute atomic E-state index is 10.4. The lowest BCUT2D eigenvalue weighted by Gasteiger charge is -1.98. The SMILES string of the molecule is NC(=O)OC=C1C2CC/C=C\CCC12. The van der Waals surface area contributed by atoms with Crippen molar-refractivity contribution in [1.29, 1.82) is 0 Å². The molecule has 2 unspecified atom stereocenters. The Kier molecular flexibility index (Phi) is 2.57. The first-order chi connectivity index (χ1) is 6.79. The zero-order chi connectivity index (χ0) is 9.97. The van der Waals surface area contributed by atoms with E-state index in [-0.39, 0.29) is 0 Å². The van der Waals surface area contributed by atoms with E-state index >= 15 is 0 Å². The van der Waals surface area contributed by atoms with Gasteiger partial charge in [-0.2, -0.15) is 0 Å². The fourth-order valence-corrected chi connectivity index (χ4v) is 2.23. The monoisotopic (exact) mass is 193 g/mol. The second-order valence-corrected chi connectivity index (χ2v) is 3.89. The number of rotatable bonds is 1. The Bertz CT molecular complexity index is 276. The highest BCUT2D eigenvalue weighted by Crippen LogP contribution is 2.52. The van der Waals surface area contributed by atoms with E-state index in [0.717, 1.165) is 12.8 Å². The molecule has 1 amide bonds. The average molecular weight is 193 g/mol. The van der Waals surface area contributed by atoms with Crippen LogP contribution in [0.3, 0.4) is 0 Å². The molecule has 0 aliphatic heterocycles. The van der Waals surface area contributed by atoms with Crippen molar-refractivity contribution in [3.63, 3.8) is 0 Å². The van der Waals surface area contributed by atoms with E-state index < -0.39 is 6.09 Å². The highest BCUT2D eigenvalue weighted by Gasteiger charge is 2.43. The van der Waals surface area contributed by atoms with Gasteiger partial charge in [-0.3, -0.25) is 0 Å². The van der Waals surface area contributed by atoms with Crippen LogP contribution in [0.5, 0.6) is 0 Å². The number of carbonyl (C=O) groups is 1. The second kappa shape index (κ2) is 3.86. The molecule has 3 heteroatoms. The van der Waals surface area contributed by atoms with Crippen LogP contribution < -0.4 is 5.73 Å².